The van der Waals surface area contributed by atoms with Crippen molar-refractivity contribution < 1.29 is 4.79 Å². The van der Waals surface area contributed by atoms with E-state index in [4.69, 9.17) is 0 Å². The highest BCUT2D eigenvalue weighted by Gasteiger charge is 2.13. The van der Waals surface area contributed by atoms with Crippen molar-refractivity contribution >= 4 is 17.2 Å². The van der Waals surface area contributed by atoms with E-state index in [1.807, 2.05) is 13.8 Å². The first-order valence-corrected chi connectivity index (χ1v) is 7.09. The molecule has 2 rings (SSSR count). The van der Waals surface area contributed by atoms with Crippen molar-refractivity contribution in [1.29, 1.82) is 0 Å². The van der Waals surface area contributed by atoms with Crippen LogP contribution in [0.3, 0.4) is 0 Å². The van der Waals surface area contributed by atoms with Crippen LogP contribution < -0.4 is 10.6 Å². The van der Waals surface area contributed by atoms with E-state index >= 15 is 0 Å². The molecule has 2 N–H and O–H groups in total. The van der Waals surface area contributed by atoms with Crippen molar-refractivity contribution in [3.63, 3.8) is 0 Å². The minimum Gasteiger partial charge on any atom is -0.351 e. The van der Waals surface area contributed by atoms with Crippen LogP contribution in [-0.4, -0.2) is 30.5 Å². The van der Waals surface area contributed by atoms with Gasteiger partial charge >= 0.3 is 0 Å². The molecule has 5 heteroatoms. The van der Waals surface area contributed by atoms with Crippen LogP contribution in [0.4, 0.5) is 0 Å². The third-order valence-electron chi connectivity index (χ3n) is 3.00. The Balaban J connectivity index is 1.81. The maximum absolute atomic E-state index is 11.9. The summed E-state index contributed by atoms with van der Waals surface area (Å²) in [6, 6.07) is 0. The second kappa shape index (κ2) is 6.11. The predicted octanol–water partition coefficient (Wildman–Crippen LogP) is 1.80. The predicted molar refractivity (Wildman–Crippen MR) is 74.1 cm³/mol. The normalized spacial score (nSPS) is 15.3. The Morgan fingerprint density at radius 1 is 1.56 bits per heavy atom. The van der Waals surface area contributed by atoms with Crippen molar-refractivity contribution in [2.24, 2.45) is 0 Å². The molecular formula is C13H19N3OS. The fourth-order valence-corrected chi connectivity index (χ4v) is 2.89. The molecule has 2 heterocycles. The van der Waals surface area contributed by atoms with Gasteiger partial charge in [0.05, 0.1) is 10.7 Å². The van der Waals surface area contributed by atoms with Gasteiger partial charge in [0.1, 0.15) is 4.88 Å². The molecule has 1 aromatic heterocycles. The molecule has 98 valence electrons. The van der Waals surface area contributed by atoms with E-state index in [1.165, 1.54) is 16.9 Å². The zero-order valence-corrected chi connectivity index (χ0v) is 11.7. The lowest BCUT2D eigenvalue weighted by molar-refractivity contribution is 0.0957. The Labute approximate surface area is 112 Å². The van der Waals surface area contributed by atoms with Gasteiger partial charge in [-0.1, -0.05) is 11.6 Å². The molecule has 0 aromatic carbocycles. The zero-order chi connectivity index (χ0) is 13.0. The average molecular weight is 265 g/mol. The molecule has 0 aliphatic carbocycles. The van der Waals surface area contributed by atoms with Gasteiger partial charge in [-0.2, -0.15) is 0 Å². The smallest absolute Gasteiger partial charge is 0.263 e. The first kappa shape index (κ1) is 13.2. The van der Waals surface area contributed by atoms with Gasteiger partial charge < -0.3 is 10.6 Å². The Hall–Kier alpha value is -1.20. The number of thiazole rings is 1. The summed E-state index contributed by atoms with van der Waals surface area (Å²) in [6.45, 7) is 6.52. The Morgan fingerprint density at radius 2 is 2.39 bits per heavy atom. The number of hydrogen-bond acceptors (Lipinski definition) is 4. The third kappa shape index (κ3) is 3.40. The monoisotopic (exact) mass is 265 g/mol. The molecule has 0 unspecified atom stereocenters. The molecule has 0 radical (unpaired) electrons. The lowest BCUT2D eigenvalue weighted by Gasteiger charge is -2.14. The number of aryl methyl sites for hydroxylation is 2. The fraction of sp³-hybridized carbons (Fsp3) is 0.538. The minimum atomic E-state index is 0.00707. The van der Waals surface area contributed by atoms with Crippen molar-refractivity contribution in [3.05, 3.63) is 27.2 Å². The molecule has 1 aromatic rings. The van der Waals surface area contributed by atoms with Crippen LogP contribution in [0.25, 0.3) is 0 Å². The summed E-state index contributed by atoms with van der Waals surface area (Å²) in [4.78, 5) is 17.0. The number of amides is 1. The van der Waals surface area contributed by atoms with E-state index in [0.29, 0.717) is 6.54 Å². The van der Waals surface area contributed by atoms with Crippen molar-refractivity contribution in [1.82, 2.24) is 15.6 Å². The lowest BCUT2D eigenvalue weighted by atomic mass is 10.1. The average Bonchev–Trinajstić information content (AvgIpc) is 2.70. The summed E-state index contributed by atoms with van der Waals surface area (Å²) < 4.78 is 0. The van der Waals surface area contributed by atoms with Gasteiger partial charge in [0.2, 0.25) is 0 Å². The number of carbonyl (C=O) groups excluding carboxylic acids is 1. The number of rotatable bonds is 4. The summed E-state index contributed by atoms with van der Waals surface area (Å²) >= 11 is 1.46. The van der Waals surface area contributed by atoms with Crippen molar-refractivity contribution in [2.75, 3.05) is 19.6 Å². The fourth-order valence-electron chi connectivity index (χ4n) is 2.06. The molecule has 0 fully saturated rings. The first-order valence-electron chi connectivity index (χ1n) is 6.27. The number of carbonyl (C=O) groups is 1. The summed E-state index contributed by atoms with van der Waals surface area (Å²) in [7, 11) is 0. The minimum absolute atomic E-state index is 0.00707. The molecule has 1 amide bonds. The Bertz CT molecular complexity index is 465. The zero-order valence-electron chi connectivity index (χ0n) is 10.9. The third-order valence-corrected chi connectivity index (χ3v) is 4.07. The molecule has 0 saturated carbocycles. The van der Waals surface area contributed by atoms with Gasteiger partial charge in [-0.05, 0) is 33.2 Å². The highest BCUT2D eigenvalue weighted by atomic mass is 32.1. The number of nitrogens with one attached hydrogen (secondary N) is 2. The van der Waals surface area contributed by atoms with Crippen LogP contribution in [0.2, 0.25) is 0 Å². The van der Waals surface area contributed by atoms with Crippen LogP contribution in [-0.2, 0) is 0 Å². The molecular weight excluding hydrogens is 246 g/mol. The molecule has 0 atom stereocenters. The molecule has 0 saturated heterocycles. The second-order valence-electron chi connectivity index (χ2n) is 4.47. The van der Waals surface area contributed by atoms with Gasteiger partial charge in [0, 0.05) is 13.1 Å². The van der Waals surface area contributed by atoms with Crippen LogP contribution in [0, 0.1) is 13.8 Å². The van der Waals surface area contributed by atoms with Crippen molar-refractivity contribution in [2.45, 2.75) is 26.7 Å². The van der Waals surface area contributed by atoms with E-state index in [-0.39, 0.29) is 5.91 Å². The van der Waals surface area contributed by atoms with Gasteiger partial charge in [-0.25, -0.2) is 4.98 Å². The summed E-state index contributed by atoms with van der Waals surface area (Å²) in [6.07, 6.45) is 4.26. The molecule has 0 bridgehead atoms. The van der Waals surface area contributed by atoms with E-state index in [9.17, 15) is 4.79 Å². The Kier molecular flexibility index (Phi) is 4.49. The molecule has 18 heavy (non-hydrogen) atoms. The van der Waals surface area contributed by atoms with Crippen LogP contribution >= 0.6 is 11.3 Å². The van der Waals surface area contributed by atoms with Crippen LogP contribution in [0.5, 0.6) is 0 Å². The number of aromatic nitrogens is 1. The Morgan fingerprint density at radius 3 is 3.00 bits per heavy atom. The molecule has 0 spiro atoms. The number of hydrogen-bond donors (Lipinski definition) is 2. The van der Waals surface area contributed by atoms with E-state index < -0.39 is 0 Å². The summed E-state index contributed by atoms with van der Waals surface area (Å²) in [5.74, 6) is 0.00707. The molecule has 1 aliphatic heterocycles. The maximum atomic E-state index is 11.9. The van der Waals surface area contributed by atoms with Gasteiger partial charge in [-0.15, -0.1) is 11.3 Å². The van der Waals surface area contributed by atoms with E-state index in [0.717, 1.165) is 41.5 Å². The molecule has 4 nitrogen and oxygen atoms in total. The largest absolute Gasteiger partial charge is 0.351 e. The highest BCUT2D eigenvalue weighted by molar-refractivity contribution is 7.13. The standard InChI is InChI=1S/C13H19N3OS/c1-9-12(18-10(2)16-9)13(17)15-8-5-11-3-6-14-7-4-11/h3,14H,4-8H2,1-2H3,(H,15,17). The quantitative estimate of drug-likeness (QED) is 0.816. The maximum Gasteiger partial charge on any atom is 0.263 e. The first-order chi connectivity index (χ1) is 8.66. The van der Waals surface area contributed by atoms with E-state index in [2.05, 4.69) is 21.7 Å². The van der Waals surface area contributed by atoms with E-state index in [1.54, 1.807) is 0 Å². The molecule has 1 aliphatic rings. The lowest BCUT2D eigenvalue weighted by Crippen LogP contribution is -2.26. The second-order valence-corrected chi connectivity index (χ2v) is 5.67. The van der Waals surface area contributed by atoms with Gasteiger partial charge in [0.25, 0.3) is 5.91 Å². The summed E-state index contributed by atoms with van der Waals surface area (Å²) in [5, 5.41) is 7.19. The highest BCUT2D eigenvalue weighted by Crippen LogP contribution is 2.16. The van der Waals surface area contributed by atoms with Crippen LogP contribution in [0.15, 0.2) is 11.6 Å². The van der Waals surface area contributed by atoms with Gasteiger partial charge in [0.15, 0.2) is 0 Å². The topological polar surface area (TPSA) is 54.0 Å². The van der Waals surface area contributed by atoms with Crippen LogP contribution in [0.1, 0.15) is 33.2 Å². The number of nitrogens with zero attached hydrogens (tertiary/aromatic N) is 1. The van der Waals surface area contributed by atoms with Crippen molar-refractivity contribution in [3.8, 4) is 0 Å². The van der Waals surface area contributed by atoms with Gasteiger partial charge in [-0.3, -0.25) is 4.79 Å². The SMILES string of the molecule is Cc1nc(C)c(C(=O)NCCC2=CCNCC2)s1. The summed E-state index contributed by atoms with van der Waals surface area (Å²) in [5.41, 5.74) is 2.27.